The predicted octanol–water partition coefficient (Wildman–Crippen LogP) is 6.79. The van der Waals surface area contributed by atoms with Crippen LogP contribution >= 0.6 is 11.6 Å². The quantitative estimate of drug-likeness (QED) is 0.142. The zero-order valence-electron chi connectivity index (χ0n) is 29.4. The molecule has 13 heteroatoms. The van der Waals surface area contributed by atoms with Gasteiger partial charge >= 0.3 is 0 Å². The van der Waals surface area contributed by atoms with Crippen molar-refractivity contribution in [3.05, 3.63) is 113 Å². The Morgan fingerprint density at radius 2 is 1.48 bits per heavy atom. The lowest BCUT2D eigenvalue weighted by Crippen LogP contribution is -2.55. The normalized spacial score (nSPS) is 13.9. The lowest BCUT2D eigenvalue weighted by molar-refractivity contribution is -0.140. The van der Waals surface area contributed by atoms with E-state index in [1.54, 1.807) is 6.07 Å². The molecule has 1 saturated carbocycles. The Balaban J connectivity index is 1.62. The molecule has 0 heterocycles. The largest absolute Gasteiger partial charge is 0.495 e. The maximum atomic E-state index is 14.9. The van der Waals surface area contributed by atoms with Crippen molar-refractivity contribution in [1.82, 2.24) is 10.2 Å². The molecule has 1 aliphatic carbocycles. The first-order chi connectivity index (χ1) is 25.0. The average Bonchev–Trinajstić information content (AvgIpc) is 3.16. The summed E-state index contributed by atoms with van der Waals surface area (Å²) < 4.78 is 60.5. The van der Waals surface area contributed by atoms with E-state index in [0.717, 1.165) is 42.0 Å². The van der Waals surface area contributed by atoms with Crippen LogP contribution < -0.4 is 23.8 Å². The third-order valence-corrected chi connectivity index (χ3v) is 11.1. The zero-order valence-corrected chi connectivity index (χ0v) is 31.0. The molecule has 4 aromatic rings. The van der Waals surface area contributed by atoms with E-state index < -0.39 is 34.3 Å². The SMILES string of the molecule is COc1ccc(S(=O)(=O)N(CC(=O)N(Cc2ccc(F)cc2)C(Cc2ccccc2)C(=O)NC2CCCCC2)c2cc(Cl)ccc2OC)cc1OC. The molecule has 1 atom stereocenters. The van der Waals surface area contributed by atoms with Crippen LogP contribution in [0.2, 0.25) is 5.02 Å². The second kappa shape index (κ2) is 17.6. The van der Waals surface area contributed by atoms with Crippen LogP contribution in [-0.4, -0.2) is 65.1 Å². The minimum absolute atomic E-state index is 0.00568. The van der Waals surface area contributed by atoms with Crippen molar-refractivity contribution < 1.29 is 36.6 Å². The van der Waals surface area contributed by atoms with Gasteiger partial charge in [-0.05, 0) is 66.4 Å². The second-order valence-electron chi connectivity index (χ2n) is 12.5. The van der Waals surface area contributed by atoms with Crippen molar-refractivity contribution in [3.8, 4) is 17.2 Å². The number of carbonyl (C=O) groups excluding carboxylic acids is 2. The average molecular weight is 752 g/mol. The highest BCUT2D eigenvalue weighted by atomic mass is 35.5. The van der Waals surface area contributed by atoms with Crippen molar-refractivity contribution in [2.75, 3.05) is 32.2 Å². The number of halogens is 2. The molecule has 10 nitrogen and oxygen atoms in total. The van der Waals surface area contributed by atoms with Crippen LogP contribution in [0.3, 0.4) is 0 Å². The van der Waals surface area contributed by atoms with Gasteiger partial charge in [0, 0.05) is 30.1 Å². The molecule has 0 aromatic heterocycles. The maximum absolute atomic E-state index is 14.9. The maximum Gasteiger partial charge on any atom is 0.265 e. The van der Waals surface area contributed by atoms with Crippen LogP contribution in [0.5, 0.6) is 17.2 Å². The van der Waals surface area contributed by atoms with Gasteiger partial charge in [0.1, 0.15) is 24.2 Å². The van der Waals surface area contributed by atoms with Crippen molar-refractivity contribution >= 4 is 39.1 Å². The summed E-state index contributed by atoms with van der Waals surface area (Å²) >= 11 is 6.40. The molecule has 2 amide bonds. The van der Waals surface area contributed by atoms with Crippen LogP contribution in [0.1, 0.15) is 43.2 Å². The third kappa shape index (κ3) is 9.34. The minimum Gasteiger partial charge on any atom is -0.495 e. The van der Waals surface area contributed by atoms with Crippen molar-refractivity contribution in [3.63, 3.8) is 0 Å². The van der Waals surface area contributed by atoms with Gasteiger partial charge in [-0.3, -0.25) is 13.9 Å². The fourth-order valence-corrected chi connectivity index (χ4v) is 7.96. The number of rotatable bonds is 15. The molecule has 0 radical (unpaired) electrons. The number of nitrogens with one attached hydrogen (secondary N) is 1. The van der Waals surface area contributed by atoms with Gasteiger partial charge in [0.05, 0.1) is 31.9 Å². The molecule has 276 valence electrons. The van der Waals surface area contributed by atoms with Crippen LogP contribution in [0.15, 0.2) is 95.9 Å². The van der Waals surface area contributed by atoms with Gasteiger partial charge in [-0.25, -0.2) is 12.8 Å². The summed E-state index contributed by atoms with van der Waals surface area (Å²) in [7, 11) is -0.344. The Kier molecular flexibility index (Phi) is 13.0. The van der Waals surface area contributed by atoms with Crippen LogP contribution in [0.4, 0.5) is 10.1 Å². The molecule has 4 aromatic carbocycles. The number of nitrogens with zero attached hydrogens (tertiary/aromatic N) is 2. The number of amides is 2. The number of methoxy groups -OCH3 is 3. The topological polar surface area (TPSA) is 114 Å². The first kappa shape index (κ1) is 38.4. The zero-order chi connectivity index (χ0) is 37.3. The number of carbonyl (C=O) groups is 2. The first-order valence-corrected chi connectivity index (χ1v) is 18.8. The van der Waals surface area contributed by atoms with Gasteiger partial charge in [-0.1, -0.05) is 73.3 Å². The third-order valence-electron chi connectivity index (χ3n) is 9.12. The molecular weight excluding hydrogens is 709 g/mol. The van der Waals surface area contributed by atoms with Gasteiger partial charge in [0.2, 0.25) is 11.8 Å². The molecular formula is C39H43ClFN3O7S. The molecule has 5 rings (SSSR count). The molecule has 1 N–H and O–H groups in total. The van der Waals surface area contributed by atoms with Gasteiger partial charge in [-0.15, -0.1) is 0 Å². The number of anilines is 1. The highest BCUT2D eigenvalue weighted by Crippen LogP contribution is 2.37. The van der Waals surface area contributed by atoms with E-state index >= 15 is 0 Å². The standard InChI is InChI=1S/C39H43ClFN3O7S/c1-49-35-20-16-29(40)23-33(35)44(52(47,48)32-19-21-36(50-2)37(24-32)51-3)26-38(45)43(25-28-14-17-30(41)18-15-28)34(22-27-10-6-4-7-11-27)39(46)42-31-12-8-5-9-13-31/h4,6-7,10-11,14-21,23-24,31,34H,5,8-9,12-13,22,25-26H2,1-3H3,(H,42,46). The summed E-state index contributed by atoms with van der Waals surface area (Å²) in [6, 6.07) is 22.3. The van der Waals surface area contributed by atoms with E-state index in [1.807, 2.05) is 30.3 Å². The molecule has 52 heavy (non-hydrogen) atoms. The number of ether oxygens (including phenoxy) is 3. The lowest BCUT2D eigenvalue weighted by atomic mass is 9.94. The first-order valence-electron chi connectivity index (χ1n) is 17.0. The van der Waals surface area contributed by atoms with Crippen LogP contribution in [-0.2, 0) is 32.6 Å². The summed E-state index contributed by atoms with van der Waals surface area (Å²) in [5.74, 6) is -0.897. The fraction of sp³-hybridized carbons (Fsp3) is 0.333. The lowest BCUT2D eigenvalue weighted by Gasteiger charge is -2.35. The van der Waals surface area contributed by atoms with E-state index in [-0.39, 0.29) is 52.0 Å². The van der Waals surface area contributed by atoms with E-state index in [9.17, 15) is 22.4 Å². The summed E-state index contributed by atoms with van der Waals surface area (Å²) in [6.45, 7) is -0.845. The molecule has 1 fully saturated rings. The van der Waals surface area contributed by atoms with Gasteiger partial charge in [0.15, 0.2) is 11.5 Å². The number of benzene rings is 4. The van der Waals surface area contributed by atoms with Gasteiger partial charge < -0.3 is 24.4 Å². The summed E-state index contributed by atoms with van der Waals surface area (Å²) in [4.78, 5) is 30.3. The summed E-state index contributed by atoms with van der Waals surface area (Å²) in [5.41, 5.74) is 1.36. The van der Waals surface area contributed by atoms with Gasteiger partial charge in [-0.2, -0.15) is 0 Å². The minimum atomic E-state index is -4.53. The monoisotopic (exact) mass is 751 g/mol. The molecule has 0 saturated heterocycles. The van der Waals surface area contributed by atoms with Crippen molar-refractivity contribution in [1.29, 1.82) is 0 Å². The number of sulfonamides is 1. The van der Waals surface area contributed by atoms with Crippen molar-refractivity contribution in [2.45, 2.75) is 62.0 Å². The number of hydrogen-bond donors (Lipinski definition) is 1. The van der Waals surface area contributed by atoms with E-state index in [4.69, 9.17) is 25.8 Å². The Morgan fingerprint density at radius 3 is 2.13 bits per heavy atom. The fourth-order valence-electron chi connectivity index (χ4n) is 6.36. The Hall–Kier alpha value is -4.81. The van der Waals surface area contributed by atoms with E-state index in [1.165, 1.54) is 80.8 Å². The highest BCUT2D eigenvalue weighted by molar-refractivity contribution is 7.92. The molecule has 0 aliphatic heterocycles. The molecule has 0 spiro atoms. The Labute approximate surface area is 309 Å². The second-order valence-corrected chi connectivity index (χ2v) is 14.8. The van der Waals surface area contributed by atoms with Crippen LogP contribution in [0.25, 0.3) is 0 Å². The summed E-state index contributed by atoms with van der Waals surface area (Å²) in [5, 5.41) is 3.37. The Morgan fingerprint density at radius 1 is 0.827 bits per heavy atom. The van der Waals surface area contributed by atoms with Gasteiger partial charge in [0.25, 0.3) is 10.0 Å². The smallest absolute Gasteiger partial charge is 0.265 e. The van der Waals surface area contributed by atoms with E-state index in [2.05, 4.69) is 5.32 Å². The predicted molar refractivity (Wildman–Crippen MR) is 198 cm³/mol. The van der Waals surface area contributed by atoms with Crippen molar-refractivity contribution in [2.24, 2.45) is 0 Å². The molecule has 0 bridgehead atoms. The van der Waals surface area contributed by atoms with E-state index in [0.29, 0.717) is 11.3 Å². The van der Waals surface area contributed by atoms with Crippen LogP contribution in [0, 0.1) is 5.82 Å². The Bertz CT molecular complexity index is 1940. The highest BCUT2D eigenvalue weighted by Gasteiger charge is 2.36. The molecule has 1 unspecified atom stereocenters. The number of hydrogen-bond acceptors (Lipinski definition) is 7. The summed E-state index contributed by atoms with van der Waals surface area (Å²) in [6.07, 6.45) is 4.85. The molecule has 1 aliphatic rings.